The van der Waals surface area contributed by atoms with E-state index in [9.17, 15) is 4.79 Å². The predicted octanol–water partition coefficient (Wildman–Crippen LogP) is 3.75. The van der Waals surface area contributed by atoms with Gasteiger partial charge in [0.2, 0.25) is 5.89 Å². The van der Waals surface area contributed by atoms with E-state index < -0.39 is 0 Å². The van der Waals surface area contributed by atoms with Crippen molar-refractivity contribution in [3.63, 3.8) is 0 Å². The second-order valence-corrected chi connectivity index (χ2v) is 5.76. The summed E-state index contributed by atoms with van der Waals surface area (Å²) in [6.07, 6.45) is 4.96. The molecule has 0 N–H and O–H groups in total. The third kappa shape index (κ3) is 3.19. The van der Waals surface area contributed by atoms with E-state index in [-0.39, 0.29) is 6.04 Å². The second-order valence-electron chi connectivity index (χ2n) is 4.94. The van der Waals surface area contributed by atoms with Crippen molar-refractivity contribution in [2.24, 2.45) is 0 Å². The minimum absolute atomic E-state index is 0.292. The van der Waals surface area contributed by atoms with Gasteiger partial charge in [-0.05, 0) is 30.7 Å². The number of hydrogen-bond acceptors (Lipinski definition) is 6. The summed E-state index contributed by atoms with van der Waals surface area (Å²) in [4.78, 5) is 20.0. The van der Waals surface area contributed by atoms with Gasteiger partial charge in [-0.1, -0.05) is 29.3 Å². The van der Waals surface area contributed by atoms with Crippen molar-refractivity contribution in [2.75, 3.05) is 0 Å². The van der Waals surface area contributed by atoms with Crippen molar-refractivity contribution < 1.29 is 14.0 Å². The molecule has 1 aliphatic rings. The fourth-order valence-electron chi connectivity index (χ4n) is 2.45. The van der Waals surface area contributed by atoms with Gasteiger partial charge in [0, 0.05) is 6.54 Å². The molecule has 1 atom stereocenters. The molecule has 8 heteroatoms. The topological polar surface area (TPSA) is 58.8 Å². The fraction of sp³-hybridized carbons (Fsp3) is 0.200. The van der Waals surface area contributed by atoms with Crippen molar-refractivity contribution in [1.29, 1.82) is 0 Å². The van der Waals surface area contributed by atoms with Crippen LogP contribution in [0.25, 0.3) is 0 Å². The summed E-state index contributed by atoms with van der Waals surface area (Å²) in [6, 6.07) is 5.05. The summed E-state index contributed by atoms with van der Waals surface area (Å²) in [5.41, 5.74) is 1.65. The Hall–Kier alpha value is -2.02. The Labute approximate surface area is 142 Å². The number of benzene rings is 1. The van der Waals surface area contributed by atoms with E-state index in [1.165, 1.54) is 11.4 Å². The van der Waals surface area contributed by atoms with Gasteiger partial charge in [-0.15, -0.1) is 5.17 Å². The molecule has 0 radical (unpaired) electrons. The van der Waals surface area contributed by atoms with Crippen LogP contribution in [0.1, 0.15) is 24.4 Å². The SMILES string of the molecule is CC1=CC(c2ncco2)N(Cc2ccc(Cl)c(Cl)c2)N1OC=O. The molecule has 1 unspecified atom stereocenters. The van der Waals surface area contributed by atoms with Crippen LogP contribution in [0, 0.1) is 0 Å². The lowest BCUT2D eigenvalue weighted by Crippen LogP contribution is -2.38. The summed E-state index contributed by atoms with van der Waals surface area (Å²) in [5.74, 6) is 0.501. The lowest BCUT2D eigenvalue weighted by Gasteiger charge is -2.30. The monoisotopic (exact) mass is 353 g/mol. The molecule has 0 spiro atoms. The van der Waals surface area contributed by atoms with Crippen LogP contribution in [-0.2, 0) is 16.2 Å². The maximum atomic E-state index is 10.8. The number of oxazole rings is 1. The quantitative estimate of drug-likeness (QED) is 0.763. The Balaban J connectivity index is 1.90. The lowest BCUT2D eigenvalue weighted by molar-refractivity contribution is -0.240. The Kier molecular flexibility index (Phi) is 4.56. The van der Waals surface area contributed by atoms with E-state index in [1.807, 2.05) is 19.1 Å². The van der Waals surface area contributed by atoms with Crippen LogP contribution < -0.4 is 0 Å². The molecule has 6 nitrogen and oxygen atoms in total. The van der Waals surface area contributed by atoms with Gasteiger partial charge in [0.25, 0.3) is 0 Å². The number of carbonyl (C=O) groups is 1. The zero-order valence-corrected chi connectivity index (χ0v) is 13.7. The highest BCUT2D eigenvalue weighted by Gasteiger charge is 2.35. The molecule has 2 heterocycles. The third-order valence-corrected chi connectivity index (χ3v) is 4.17. The number of halogens is 2. The van der Waals surface area contributed by atoms with Crippen LogP contribution in [-0.4, -0.2) is 21.6 Å². The first kappa shape index (κ1) is 15.9. The van der Waals surface area contributed by atoms with Crippen LogP contribution in [0.15, 0.2) is 46.8 Å². The highest BCUT2D eigenvalue weighted by Crippen LogP contribution is 2.35. The minimum atomic E-state index is -0.292. The molecule has 120 valence electrons. The summed E-state index contributed by atoms with van der Waals surface area (Å²) in [6.45, 7) is 2.62. The molecule has 3 rings (SSSR count). The molecule has 1 aliphatic heterocycles. The molecule has 2 aromatic rings. The Morgan fingerprint density at radius 1 is 1.39 bits per heavy atom. The number of rotatable bonds is 5. The van der Waals surface area contributed by atoms with Crippen molar-refractivity contribution in [1.82, 2.24) is 15.2 Å². The summed E-state index contributed by atoms with van der Waals surface area (Å²) < 4.78 is 5.39. The lowest BCUT2D eigenvalue weighted by atomic mass is 10.2. The van der Waals surface area contributed by atoms with Gasteiger partial charge in [0.1, 0.15) is 12.3 Å². The highest BCUT2D eigenvalue weighted by atomic mass is 35.5. The molecule has 0 saturated carbocycles. The van der Waals surface area contributed by atoms with Gasteiger partial charge in [-0.2, -0.15) is 5.01 Å². The molecule has 0 saturated heterocycles. The van der Waals surface area contributed by atoms with Crippen LogP contribution in [0.4, 0.5) is 0 Å². The highest BCUT2D eigenvalue weighted by molar-refractivity contribution is 6.42. The molecule has 23 heavy (non-hydrogen) atoms. The fourth-order valence-corrected chi connectivity index (χ4v) is 2.77. The second kappa shape index (κ2) is 6.62. The Morgan fingerprint density at radius 2 is 2.22 bits per heavy atom. The normalized spacial score (nSPS) is 18.1. The molecule has 0 bridgehead atoms. The number of nitrogens with zero attached hydrogens (tertiary/aromatic N) is 3. The maximum Gasteiger partial charge on any atom is 0.322 e. The van der Waals surface area contributed by atoms with Gasteiger partial charge in [-0.25, -0.2) is 4.98 Å². The standard InChI is InChI=1S/C15H13Cl2N3O3/c1-10-6-14(15-18-4-5-22-15)19(20(10)23-9-21)8-11-2-3-12(16)13(17)7-11/h2-7,9,14H,8H2,1H3. The molecule has 0 fully saturated rings. The summed E-state index contributed by atoms with van der Waals surface area (Å²) in [7, 11) is 0. The van der Waals surface area contributed by atoms with Gasteiger partial charge < -0.3 is 9.25 Å². The van der Waals surface area contributed by atoms with Crippen molar-refractivity contribution in [2.45, 2.75) is 19.5 Å². The first-order valence-electron chi connectivity index (χ1n) is 6.79. The largest absolute Gasteiger partial charge is 0.447 e. The first-order chi connectivity index (χ1) is 11.1. The van der Waals surface area contributed by atoms with Gasteiger partial charge in [0.05, 0.1) is 21.9 Å². The Bertz CT molecular complexity index is 734. The number of allylic oxidation sites excluding steroid dienone is 1. The number of carbonyl (C=O) groups excluding carboxylic acids is 1. The summed E-state index contributed by atoms with van der Waals surface area (Å²) in [5, 5.41) is 4.15. The first-order valence-corrected chi connectivity index (χ1v) is 7.54. The maximum absolute atomic E-state index is 10.8. The average Bonchev–Trinajstić information content (AvgIpc) is 3.14. The van der Waals surface area contributed by atoms with E-state index >= 15 is 0 Å². The van der Waals surface area contributed by atoms with Crippen LogP contribution in [0.2, 0.25) is 10.0 Å². The van der Waals surface area contributed by atoms with Gasteiger partial charge >= 0.3 is 6.47 Å². The van der Waals surface area contributed by atoms with Gasteiger partial charge in [-0.3, -0.25) is 4.79 Å². The Morgan fingerprint density at radius 3 is 2.87 bits per heavy atom. The number of hydrogen-bond donors (Lipinski definition) is 0. The zero-order chi connectivity index (χ0) is 16.4. The van der Waals surface area contributed by atoms with Crippen LogP contribution in [0.5, 0.6) is 0 Å². The van der Waals surface area contributed by atoms with Crippen molar-refractivity contribution >= 4 is 29.7 Å². The van der Waals surface area contributed by atoms with Crippen LogP contribution in [0.3, 0.4) is 0 Å². The molecular formula is C15H13Cl2N3O3. The molecule has 0 amide bonds. The molecule has 1 aromatic carbocycles. The number of aromatic nitrogens is 1. The predicted molar refractivity (Wildman–Crippen MR) is 84.0 cm³/mol. The average molecular weight is 354 g/mol. The van der Waals surface area contributed by atoms with Crippen molar-refractivity contribution in [3.05, 3.63) is 63.9 Å². The molecule has 0 aliphatic carbocycles. The summed E-state index contributed by atoms with van der Waals surface area (Å²) >= 11 is 12.0. The number of hydroxylamine groups is 1. The van der Waals surface area contributed by atoms with E-state index in [1.54, 1.807) is 23.3 Å². The van der Waals surface area contributed by atoms with Gasteiger partial charge in [0.15, 0.2) is 0 Å². The van der Waals surface area contributed by atoms with E-state index in [0.717, 1.165) is 11.3 Å². The molecule has 1 aromatic heterocycles. The smallest absolute Gasteiger partial charge is 0.322 e. The number of hydrazine groups is 1. The minimum Gasteiger partial charge on any atom is -0.447 e. The van der Waals surface area contributed by atoms with Crippen molar-refractivity contribution in [3.8, 4) is 0 Å². The third-order valence-electron chi connectivity index (χ3n) is 3.43. The van der Waals surface area contributed by atoms with E-state index in [4.69, 9.17) is 32.5 Å². The van der Waals surface area contributed by atoms with E-state index in [2.05, 4.69) is 4.98 Å². The zero-order valence-electron chi connectivity index (χ0n) is 12.1. The molecular weight excluding hydrogens is 341 g/mol. The van der Waals surface area contributed by atoms with E-state index in [0.29, 0.717) is 29.0 Å². The van der Waals surface area contributed by atoms with Crippen LogP contribution >= 0.6 is 23.2 Å².